The zero-order chi connectivity index (χ0) is 19.2. The van der Waals surface area contributed by atoms with E-state index in [9.17, 15) is 19.7 Å². The number of hydrogen-bond acceptors (Lipinski definition) is 7. The average molecular weight is 353 g/mol. The third-order valence-electron chi connectivity index (χ3n) is 3.12. The first-order valence-corrected chi connectivity index (χ1v) is 7.57. The van der Waals surface area contributed by atoms with Crippen molar-refractivity contribution in [2.75, 3.05) is 25.6 Å². The van der Waals surface area contributed by atoms with E-state index in [2.05, 4.69) is 10.1 Å². The maximum absolute atomic E-state index is 11.9. The summed E-state index contributed by atoms with van der Waals surface area (Å²) < 4.78 is 9.82. The number of methoxy groups -OCH3 is 1. The van der Waals surface area contributed by atoms with Gasteiger partial charge in [0.05, 0.1) is 12.0 Å². The number of para-hydroxylation sites is 2. The molecule has 0 heterocycles. The molecule has 1 atom stereocenters. The monoisotopic (exact) mass is 353 g/mol. The molecule has 0 aliphatic heterocycles. The third kappa shape index (κ3) is 6.28. The highest BCUT2D eigenvalue weighted by atomic mass is 16.6. The van der Waals surface area contributed by atoms with E-state index in [4.69, 9.17) is 4.74 Å². The predicted octanol–water partition coefficient (Wildman–Crippen LogP) is 2.10. The summed E-state index contributed by atoms with van der Waals surface area (Å²) in [6, 6.07) is 5.06. The molecule has 1 unspecified atom stereocenters. The molecular weight excluding hydrogens is 330 g/mol. The Labute approximate surface area is 146 Å². The van der Waals surface area contributed by atoms with Gasteiger partial charge in [0.25, 0.3) is 5.69 Å². The van der Waals surface area contributed by atoms with E-state index in [1.807, 2.05) is 0 Å². The van der Waals surface area contributed by atoms with Crippen molar-refractivity contribution in [1.29, 1.82) is 0 Å². The van der Waals surface area contributed by atoms with E-state index in [1.54, 1.807) is 46.0 Å². The molecule has 0 aliphatic rings. The lowest BCUT2D eigenvalue weighted by molar-refractivity contribution is -0.384. The number of ether oxygens (including phenoxy) is 2. The molecule has 0 spiro atoms. The van der Waals surface area contributed by atoms with Gasteiger partial charge < -0.3 is 19.7 Å². The van der Waals surface area contributed by atoms with Crippen LogP contribution in [0.15, 0.2) is 24.3 Å². The molecule has 9 nitrogen and oxygen atoms in total. The Morgan fingerprint density at radius 2 is 1.92 bits per heavy atom. The van der Waals surface area contributed by atoms with Crippen LogP contribution in [0.1, 0.15) is 20.8 Å². The standard InChI is InChI=1S/C16H23N3O6/c1-16(2,3)25-15(21)17-11(14(20)24-5)10-18(4)12-8-6-7-9-13(12)19(22)23/h6-9,11H,10H2,1-5H3,(H,17,21). The van der Waals surface area contributed by atoms with Gasteiger partial charge in [0.15, 0.2) is 0 Å². The molecule has 1 amide bonds. The highest BCUT2D eigenvalue weighted by Gasteiger charge is 2.28. The fourth-order valence-corrected chi connectivity index (χ4v) is 2.08. The van der Waals surface area contributed by atoms with Crippen molar-refractivity contribution in [2.24, 2.45) is 0 Å². The Morgan fingerprint density at radius 3 is 2.44 bits per heavy atom. The van der Waals surface area contributed by atoms with Crippen molar-refractivity contribution in [3.05, 3.63) is 34.4 Å². The molecule has 1 aromatic carbocycles. The fraction of sp³-hybridized carbons (Fsp3) is 0.500. The Hall–Kier alpha value is -2.84. The Bertz CT molecular complexity index is 641. The topological polar surface area (TPSA) is 111 Å². The lowest BCUT2D eigenvalue weighted by Crippen LogP contribution is -2.49. The van der Waals surface area contributed by atoms with Gasteiger partial charge >= 0.3 is 12.1 Å². The number of likely N-dealkylation sites (N-methyl/N-ethyl adjacent to an activating group) is 1. The molecule has 0 radical (unpaired) electrons. The van der Waals surface area contributed by atoms with Gasteiger partial charge in [0, 0.05) is 19.7 Å². The van der Waals surface area contributed by atoms with Gasteiger partial charge in [-0.2, -0.15) is 0 Å². The SMILES string of the molecule is COC(=O)C(CN(C)c1ccccc1[N+](=O)[O-])NC(=O)OC(C)(C)C. The Balaban J connectivity index is 2.94. The number of nitro groups is 1. The molecule has 1 rings (SSSR count). The smallest absolute Gasteiger partial charge is 0.408 e. The van der Waals surface area contributed by atoms with E-state index in [-0.39, 0.29) is 12.2 Å². The normalized spacial score (nSPS) is 12.0. The number of rotatable bonds is 6. The summed E-state index contributed by atoms with van der Waals surface area (Å²) in [5.74, 6) is -0.684. The van der Waals surface area contributed by atoms with Crippen LogP contribution in [0.2, 0.25) is 0 Å². The van der Waals surface area contributed by atoms with Crippen LogP contribution in [0, 0.1) is 10.1 Å². The summed E-state index contributed by atoms with van der Waals surface area (Å²) >= 11 is 0. The summed E-state index contributed by atoms with van der Waals surface area (Å²) in [7, 11) is 2.77. The predicted molar refractivity (Wildman–Crippen MR) is 91.5 cm³/mol. The summed E-state index contributed by atoms with van der Waals surface area (Å²) in [5, 5.41) is 13.6. The number of hydrogen-bond donors (Lipinski definition) is 1. The van der Waals surface area contributed by atoms with Crippen LogP contribution in [0.4, 0.5) is 16.2 Å². The van der Waals surface area contributed by atoms with Crippen LogP contribution in [0.25, 0.3) is 0 Å². The number of nitrogens with one attached hydrogen (secondary N) is 1. The van der Waals surface area contributed by atoms with Gasteiger partial charge in [-0.25, -0.2) is 9.59 Å². The number of carbonyl (C=O) groups is 2. The van der Waals surface area contributed by atoms with Crippen molar-refractivity contribution in [3.8, 4) is 0 Å². The highest BCUT2D eigenvalue weighted by molar-refractivity contribution is 5.82. The molecule has 25 heavy (non-hydrogen) atoms. The van der Waals surface area contributed by atoms with Crippen molar-refractivity contribution in [2.45, 2.75) is 32.4 Å². The number of esters is 1. The van der Waals surface area contributed by atoms with Crippen LogP contribution >= 0.6 is 0 Å². The van der Waals surface area contributed by atoms with Crippen molar-refractivity contribution in [3.63, 3.8) is 0 Å². The van der Waals surface area contributed by atoms with Gasteiger partial charge in [-0.3, -0.25) is 10.1 Å². The molecule has 1 N–H and O–H groups in total. The fourth-order valence-electron chi connectivity index (χ4n) is 2.08. The van der Waals surface area contributed by atoms with Crippen LogP contribution < -0.4 is 10.2 Å². The number of carbonyl (C=O) groups excluding carboxylic acids is 2. The summed E-state index contributed by atoms with van der Waals surface area (Å²) in [6.07, 6.45) is -0.779. The van der Waals surface area contributed by atoms with Crippen LogP contribution in [0.5, 0.6) is 0 Å². The first-order valence-electron chi connectivity index (χ1n) is 7.57. The van der Waals surface area contributed by atoms with Crippen LogP contribution in [0.3, 0.4) is 0 Å². The lowest BCUT2D eigenvalue weighted by atomic mass is 10.2. The molecule has 0 saturated carbocycles. The molecule has 0 aliphatic carbocycles. The number of nitro benzene ring substituents is 1. The van der Waals surface area contributed by atoms with Gasteiger partial charge in [-0.1, -0.05) is 12.1 Å². The molecule has 9 heteroatoms. The molecule has 0 aromatic heterocycles. The number of benzene rings is 1. The van der Waals surface area contributed by atoms with Crippen molar-refractivity contribution < 1.29 is 24.0 Å². The van der Waals surface area contributed by atoms with Crippen molar-refractivity contribution >= 4 is 23.4 Å². The van der Waals surface area contributed by atoms with Gasteiger partial charge in [0.1, 0.15) is 17.3 Å². The average Bonchev–Trinajstić information content (AvgIpc) is 2.51. The summed E-state index contributed by atoms with van der Waals surface area (Å²) in [4.78, 5) is 36.0. The minimum absolute atomic E-state index is 0.0310. The van der Waals surface area contributed by atoms with E-state index >= 15 is 0 Å². The van der Waals surface area contributed by atoms with E-state index in [0.29, 0.717) is 5.69 Å². The first kappa shape index (κ1) is 20.2. The Kier molecular flexibility index (Phi) is 6.72. The number of anilines is 1. The third-order valence-corrected chi connectivity index (χ3v) is 3.12. The van der Waals surface area contributed by atoms with Crippen LogP contribution in [-0.4, -0.2) is 49.3 Å². The van der Waals surface area contributed by atoms with Gasteiger partial charge in [-0.15, -0.1) is 0 Å². The molecule has 0 saturated heterocycles. The maximum atomic E-state index is 11.9. The summed E-state index contributed by atoms with van der Waals surface area (Å²) in [5.41, 5.74) is -0.521. The number of alkyl carbamates (subject to hydrolysis) is 1. The zero-order valence-corrected chi connectivity index (χ0v) is 14.9. The van der Waals surface area contributed by atoms with Crippen LogP contribution in [-0.2, 0) is 14.3 Å². The van der Waals surface area contributed by atoms with Gasteiger partial charge in [0.2, 0.25) is 0 Å². The molecule has 1 aromatic rings. The van der Waals surface area contributed by atoms with E-state index < -0.39 is 28.6 Å². The zero-order valence-electron chi connectivity index (χ0n) is 14.9. The molecule has 138 valence electrons. The second-order valence-electron chi connectivity index (χ2n) is 6.35. The molecule has 0 fully saturated rings. The van der Waals surface area contributed by atoms with Crippen molar-refractivity contribution in [1.82, 2.24) is 5.32 Å². The Morgan fingerprint density at radius 1 is 1.32 bits per heavy atom. The minimum Gasteiger partial charge on any atom is -0.467 e. The van der Waals surface area contributed by atoms with Gasteiger partial charge in [-0.05, 0) is 26.8 Å². The number of amides is 1. The maximum Gasteiger partial charge on any atom is 0.408 e. The molecular formula is C16H23N3O6. The second-order valence-corrected chi connectivity index (χ2v) is 6.35. The summed E-state index contributed by atoms with van der Waals surface area (Å²) in [6.45, 7) is 5.05. The second kappa shape index (κ2) is 8.32. The van der Waals surface area contributed by atoms with E-state index in [0.717, 1.165) is 0 Å². The number of nitrogens with zero attached hydrogens (tertiary/aromatic N) is 2. The van der Waals surface area contributed by atoms with E-state index in [1.165, 1.54) is 18.1 Å². The first-order chi connectivity index (χ1) is 11.5. The quantitative estimate of drug-likeness (QED) is 0.473. The lowest BCUT2D eigenvalue weighted by Gasteiger charge is -2.26. The largest absolute Gasteiger partial charge is 0.467 e. The minimum atomic E-state index is -1.05. The highest BCUT2D eigenvalue weighted by Crippen LogP contribution is 2.26. The molecule has 0 bridgehead atoms.